The SMILES string of the molecule is CNCCCC1CCCCC1(F)C(F)(F)F. The molecule has 1 rings (SSSR count). The Morgan fingerprint density at radius 1 is 1.31 bits per heavy atom. The molecule has 0 spiro atoms. The molecule has 0 aliphatic heterocycles. The van der Waals surface area contributed by atoms with Crippen molar-refractivity contribution in [2.24, 2.45) is 5.92 Å². The lowest BCUT2D eigenvalue weighted by Crippen LogP contribution is -2.49. The molecule has 1 aliphatic rings. The zero-order chi connectivity index (χ0) is 12.2. The third-order valence-electron chi connectivity index (χ3n) is 3.44. The minimum absolute atomic E-state index is 0.316. The van der Waals surface area contributed by atoms with Crippen LogP contribution >= 0.6 is 0 Å². The second-order valence-electron chi connectivity index (χ2n) is 4.55. The van der Waals surface area contributed by atoms with Gasteiger partial charge in [-0.1, -0.05) is 6.42 Å². The molecule has 0 heterocycles. The molecule has 16 heavy (non-hydrogen) atoms. The van der Waals surface area contributed by atoms with Crippen molar-refractivity contribution in [3.8, 4) is 0 Å². The normalized spacial score (nSPS) is 31.7. The summed E-state index contributed by atoms with van der Waals surface area (Å²) in [7, 11) is 1.74. The highest BCUT2D eigenvalue weighted by atomic mass is 19.4. The number of nitrogens with one attached hydrogen (secondary N) is 1. The number of hydrogen-bond donors (Lipinski definition) is 1. The van der Waals surface area contributed by atoms with Crippen molar-refractivity contribution in [2.45, 2.75) is 50.4 Å². The van der Waals surface area contributed by atoms with Gasteiger partial charge in [0.05, 0.1) is 0 Å². The van der Waals surface area contributed by atoms with Crippen molar-refractivity contribution < 1.29 is 17.6 Å². The van der Waals surface area contributed by atoms with Crippen molar-refractivity contribution in [3.63, 3.8) is 0 Å². The summed E-state index contributed by atoms with van der Waals surface area (Å²) < 4.78 is 52.1. The highest BCUT2D eigenvalue weighted by Gasteiger charge is 2.60. The standard InChI is InChI=1S/C11H19F4N/c1-16-8-4-6-9-5-2-3-7-10(9,12)11(13,14)15/h9,16H,2-8H2,1H3. The summed E-state index contributed by atoms with van der Waals surface area (Å²) in [4.78, 5) is 0. The van der Waals surface area contributed by atoms with Gasteiger partial charge in [0.1, 0.15) is 0 Å². The topological polar surface area (TPSA) is 12.0 Å². The molecule has 0 aromatic carbocycles. The first-order valence-electron chi connectivity index (χ1n) is 5.82. The van der Waals surface area contributed by atoms with Gasteiger partial charge in [-0.15, -0.1) is 0 Å². The first kappa shape index (κ1) is 13.7. The number of rotatable bonds is 4. The molecule has 0 aromatic heterocycles. The molecular formula is C11H19F4N. The van der Waals surface area contributed by atoms with E-state index in [0.717, 1.165) is 0 Å². The molecule has 2 unspecified atom stereocenters. The molecule has 1 fully saturated rings. The third kappa shape index (κ3) is 2.87. The van der Waals surface area contributed by atoms with Crippen LogP contribution < -0.4 is 5.32 Å². The van der Waals surface area contributed by atoms with Crippen LogP contribution in [0, 0.1) is 5.92 Å². The average molecular weight is 241 g/mol. The average Bonchev–Trinajstić information content (AvgIpc) is 2.19. The van der Waals surface area contributed by atoms with Gasteiger partial charge in [0.2, 0.25) is 5.67 Å². The van der Waals surface area contributed by atoms with E-state index >= 15 is 0 Å². The Hall–Kier alpha value is -0.320. The maximum atomic E-state index is 14.0. The first-order chi connectivity index (χ1) is 7.42. The van der Waals surface area contributed by atoms with E-state index in [0.29, 0.717) is 38.6 Å². The highest BCUT2D eigenvalue weighted by Crippen LogP contribution is 2.49. The quantitative estimate of drug-likeness (QED) is 0.587. The second kappa shape index (κ2) is 5.34. The van der Waals surface area contributed by atoms with Crippen LogP contribution in [0.1, 0.15) is 38.5 Å². The van der Waals surface area contributed by atoms with Gasteiger partial charge in [-0.25, -0.2) is 4.39 Å². The predicted molar refractivity (Wildman–Crippen MR) is 55.0 cm³/mol. The summed E-state index contributed by atoms with van der Waals surface area (Å²) in [5.41, 5.74) is -2.95. The van der Waals surface area contributed by atoms with E-state index in [2.05, 4.69) is 5.32 Å². The molecular weight excluding hydrogens is 222 g/mol. The van der Waals surface area contributed by atoms with E-state index in [1.807, 2.05) is 0 Å². The summed E-state index contributed by atoms with van der Waals surface area (Å²) >= 11 is 0. The van der Waals surface area contributed by atoms with Gasteiger partial charge in [-0.2, -0.15) is 13.2 Å². The largest absolute Gasteiger partial charge is 0.422 e. The van der Waals surface area contributed by atoms with Crippen molar-refractivity contribution in [3.05, 3.63) is 0 Å². The van der Waals surface area contributed by atoms with E-state index in [9.17, 15) is 17.6 Å². The van der Waals surface area contributed by atoms with E-state index < -0.39 is 17.8 Å². The maximum absolute atomic E-state index is 14.0. The lowest BCUT2D eigenvalue weighted by molar-refractivity contribution is -0.258. The Morgan fingerprint density at radius 3 is 2.56 bits per heavy atom. The zero-order valence-corrected chi connectivity index (χ0v) is 9.54. The number of alkyl halides is 4. The summed E-state index contributed by atoms with van der Waals surface area (Å²) in [6.45, 7) is 0.643. The van der Waals surface area contributed by atoms with Crippen LogP contribution in [0.2, 0.25) is 0 Å². The van der Waals surface area contributed by atoms with Crippen molar-refractivity contribution in [2.75, 3.05) is 13.6 Å². The lowest BCUT2D eigenvalue weighted by Gasteiger charge is -2.39. The minimum atomic E-state index is -4.71. The van der Waals surface area contributed by atoms with Crippen LogP contribution in [-0.4, -0.2) is 25.4 Å². The van der Waals surface area contributed by atoms with Crippen LogP contribution in [0.15, 0.2) is 0 Å². The van der Waals surface area contributed by atoms with Crippen LogP contribution in [0.25, 0.3) is 0 Å². The van der Waals surface area contributed by atoms with Gasteiger partial charge in [0.25, 0.3) is 0 Å². The van der Waals surface area contributed by atoms with E-state index in [-0.39, 0.29) is 6.42 Å². The van der Waals surface area contributed by atoms with Gasteiger partial charge in [-0.3, -0.25) is 0 Å². The maximum Gasteiger partial charge on any atom is 0.422 e. The molecule has 1 saturated carbocycles. The van der Waals surface area contributed by atoms with Crippen LogP contribution in [0.5, 0.6) is 0 Å². The smallest absolute Gasteiger partial charge is 0.320 e. The fourth-order valence-corrected chi connectivity index (χ4v) is 2.48. The molecule has 0 saturated heterocycles. The first-order valence-corrected chi connectivity index (χ1v) is 5.82. The fourth-order valence-electron chi connectivity index (χ4n) is 2.48. The molecule has 0 radical (unpaired) electrons. The number of halogens is 4. The molecule has 1 N–H and O–H groups in total. The second-order valence-corrected chi connectivity index (χ2v) is 4.55. The Balaban J connectivity index is 2.63. The number of hydrogen-bond acceptors (Lipinski definition) is 1. The molecule has 0 aromatic rings. The zero-order valence-electron chi connectivity index (χ0n) is 9.54. The summed E-state index contributed by atoms with van der Waals surface area (Å²) in [5.74, 6) is -0.852. The Bertz CT molecular complexity index is 217. The molecule has 96 valence electrons. The van der Waals surface area contributed by atoms with Crippen molar-refractivity contribution in [1.82, 2.24) is 5.32 Å². The van der Waals surface area contributed by atoms with Gasteiger partial charge in [0, 0.05) is 5.92 Å². The van der Waals surface area contributed by atoms with E-state index in [1.165, 1.54) is 0 Å². The Kier molecular flexibility index (Phi) is 4.59. The fraction of sp³-hybridized carbons (Fsp3) is 1.00. The van der Waals surface area contributed by atoms with Crippen molar-refractivity contribution in [1.29, 1.82) is 0 Å². The summed E-state index contributed by atoms with van der Waals surface area (Å²) in [5, 5.41) is 2.87. The molecule has 0 amide bonds. The van der Waals surface area contributed by atoms with Gasteiger partial charge in [-0.05, 0) is 45.7 Å². The molecule has 0 bridgehead atoms. The molecule has 2 atom stereocenters. The monoisotopic (exact) mass is 241 g/mol. The Morgan fingerprint density at radius 2 is 2.00 bits per heavy atom. The van der Waals surface area contributed by atoms with E-state index in [1.54, 1.807) is 7.05 Å². The Labute approximate surface area is 93.6 Å². The molecule has 5 heteroatoms. The summed E-state index contributed by atoms with van der Waals surface area (Å²) in [6, 6.07) is 0. The lowest BCUT2D eigenvalue weighted by atomic mass is 9.74. The minimum Gasteiger partial charge on any atom is -0.320 e. The van der Waals surface area contributed by atoms with Crippen LogP contribution in [0.4, 0.5) is 17.6 Å². The predicted octanol–water partition coefficient (Wildman–Crippen LogP) is 3.45. The molecule has 1 nitrogen and oxygen atoms in total. The van der Waals surface area contributed by atoms with Gasteiger partial charge >= 0.3 is 6.18 Å². The van der Waals surface area contributed by atoms with Crippen LogP contribution in [0.3, 0.4) is 0 Å². The van der Waals surface area contributed by atoms with Gasteiger partial charge in [0.15, 0.2) is 0 Å². The van der Waals surface area contributed by atoms with Gasteiger partial charge < -0.3 is 5.32 Å². The van der Waals surface area contributed by atoms with Crippen LogP contribution in [-0.2, 0) is 0 Å². The summed E-state index contributed by atoms with van der Waals surface area (Å²) in [6.07, 6.45) is -2.73. The van der Waals surface area contributed by atoms with E-state index in [4.69, 9.17) is 0 Å². The molecule has 1 aliphatic carbocycles. The van der Waals surface area contributed by atoms with Crippen molar-refractivity contribution >= 4 is 0 Å². The third-order valence-corrected chi connectivity index (χ3v) is 3.44. The highest BCUT2D eigenvalue weighted by molar-refractivity contribution is 4.96.